The van der Waals surface area contributed by atoms with E-state index in [9.17, 15) is 12.8 Å². The molecule has 1 aliphatic heterocycles. The Hall–Kier alpha value is -1.18. The predicted octanol–water partition coefficient (Wildman–Crippen LogP) is 0.946. The lowest BCUT2D eigenvalue weighted by molar-refractivity contribution is 0.394. The van der Waals surface area contributed by atoms with Crippen molar-refractivity contribution in [2.75, 3.05) is 32.4 Å². The number of rotatable bonds is 4. The summed E-state index contributed by atoms with van der Waals surface area (Å²) in [6, 6.07) is 2.30. The number of hydrogen-bond acceptors (Lipinski definition) is 4. The fourth-order valence-electron chi connectivity index (χ4n) is 2.33. The molecule has 0 aromatic heterocycles. The van der Waals surface area contributed by atoms with E-state index in [0.29, 0.717) is 12.5 Å². The Morgan fingerprint density at radius 2 is 2.20 bits per heavy atom. The number of likely N-dealkylation sites (tertiary alicyclic amines) is 1. The number of hydrogen-bond donors (Lipinski definition) is 2. The van der Waals surface area contributed by atoms with Crippen molar-refractivity contribution in [3.8, 4) is 0 Å². The Labute approximate surface area is 119 Å². The van der Waals surface area contributed by atoms with Crippen LogP contribution < -0.4 is 10.5 Å². The molecular formula is C13H20FN3O2S. The zero-order chi connectivity index (χ0) is 14.9. The van der Waals surface area contributed by atoms with E-state index in [0.717, 1.165) is 25.6 Å². The van der Waals surface area contributed by atoms with E-state index in [1.807, 2.05) is 7.05 Å². The Morgan fingerprint density at radius 3 is 2.75 bits per heavy atom. The van der Waals surface area contributed by atoms with Crippen molar-refractivity contribution in [1.82, 2.24) is 9.62 Å². The average molecular weight is 301 g/mol. The van der Waals surface area contributed by atoms with Gasteiger partial charge in [0, 0.05) is 24.3 Å². The second kappa shape index (κ2) is 5.67. The first-order valence-electron chi connectivity index (χ1n) is 6.53. The number of halogens is 1. The van der Waals surface area contributed by atoms with Gasteiger partial charge in [-0.2, -0.15) is 0 Å². The third-order valence-electron chi connectivity index (χ3n) is 3.72. The molecule has 0 amide bonds. The monoisotopic (exact) mass is 301 g/mol. The van der Waals surface area contributed by atoms with Gasteiger partial charge in [-0.05, 0) is 45.0 Å². The first-order valence-corrected chi connectivity index (χ1v) is 8.02. The summed E-state index contributed by atoms with van der Waals surface area (Å²) in [6.07, 6.45) is 0.962. The van der Waals surface area contributed by atoms with Crippen LogP contribution in [0.5, 0.6) is 0 Å². The Balaban J connectivity index is 2.10. The van der Waals surface area contributed by atoms with E-state index in [2.05, 4.69) is 9.62 Å². The third kappa shape index (κ3) is 3.28. The molecule has 1 atom stereocenters. The van der Waals surface area contributed by atoms with Crippen LogP contribution in [-0.4, -0.2) is 40.0 Å². The minimum atomic E-state index is -3.72. The molecule has 2 rings (SSSR count). The standard InChI is InChI=1S/C13H20FN3O2S/c1-9-12(14)5-11(6-13(9)15)20(18,19)16-7-10-3-4-17(2)8-10/h5-6,10,16H,3-4,7-8,15H2,1-2H3. The number of nitrogens with two attached hydrogens (primary N) is 1. The van der Waals surface area contributed by atoms with E-state index in [4.69, 9.17) is 5.73 Å². The van der Waals surface area contributed by atoms with Crippen molar-refractivity contribution < 1.29 is 12.8 Å². The van der Waals surface area contributed by atoms with Crippen LogP contribution in [0.15, 0.2) is 17.0 Å². The lowest BCUT2D eigenvalue weighted by Crippen LogP contribution is -2.30. The van der Waals surface area contributed by atoms with E-state index >= 15 is 0 Å². The summed E-state index contributed by atoms with van der Waals surface area (Å²) in [5.41, 5.74) is 6.03. The highest BCUT2D eigenvalue weighted by Crippen LogP contribution is 2.21. The van der Waals surface area contributed by atoms with Gasteiger partial charge in [0.25, 0.3) is 0 Å². The molecule has 1 heterocycles. The normalized spacial score (nSPS) is 20.4. The summed E-state index contributed by atoms with van der Waals surface area (Å²) in [7, 11) is -1.71. The molecule has 1 fully saturated rings. The number of sulfonamides is 1. The average Bonchev–Trinajstić information content (AvgIpc) is 2.79. The molecule has 5 nitrogen and oxygen atoms in total. The Kier molecular flexibility index (Phi) is 4.31. The molecule has 0 bridgehead atoms. The van der Waals surface area contributed by atoms with Gasteiger partial charge in [0.1, 0.15) is 5.82 Å². The maximum atomic E-state index is 13.6. The van der Waals surface area contributed by atoms with Crippen LogP contribution in [-0.2, 0) is 10.0 Å². The van der Waals surface area contributed by atoms with E-state index in [-0.39, 0.29) is 16.1 Å². The highest BCUT2D eigenvalue weighted by atomic mass is 32.2. The highest BCUT2D eigenvalue weighted by molar-refractivity contribution is 7.89. The van der Waals surface area contributed by atoms with Gasteiger partial charge in [0.05, 0.1) is 4.90 Å². The molecular weight excluding hydrogens is 281 g/mol. The van der Waals surface area contributed by atoms with Gasteiger partial charge < -0.3 is 10.6 Å². The maximum absolute atomic E-state index is 13.6. The van der Waals surface area contributed by atoms with Gasteiger partial charge in [-0.15, -0.1) is 0 Å². The largest absolute Gasteiger partial charge is 0.398 e. The van der Waals surface area contributed by atoms with Crippen LogP contribution >= 0.6 is 0 Å². The summed E-state index contributed by atoms with van der Waals surface area (Å²) in [4.78, 5) is 2.03. The minimum absolute atomic E-state index is 0.121. The number of anilines is 1. The molecule has 1 aromatic rings. The van der Waals surface area contributed by atoms with Crippen molar-refractivity contribution in [2.45, 2.75) is 18.2 Å². The minimum Gasteiger partial charge on any atom is -0.398 e. The maximum Gasteiger partial charge on any atom is 0.240 e. The molecule has 1 aromatic carbocycles. The van der Waals surface area contributed by atoms with Crippen molar-refractivity contribution >= 4 is 15.7 Å². The van der Waals surface area contributed by atoms with Crippen molar-refractivity contribution in [3.05, 3.63) is 23.5 Å². The zero-order valence-electron chi connectivity index (χ0n) is 11.7. The van der Waals surface area contributed by atoms with E-state index in [1.54, 1.807) is 0 Å². The lowest BCUT2D eigenvalue weighted by atomic mass is 10.1. The highest BCUT2D eigenvalue weighted by Gasteiger charge is 2.23. The third-order valence-corrected chi connectivity index (χ3v) is 5.12. The number of nitrogens with one attached hydrogen (secondary N) is 1. The molecule has 20 heavy (non-hydrogen) atoms. The van der Waals surface area contributed by atoms with Crippen LogP contribution in [0.3, 0.4) is 0 Å². The van der Waals surface area contributed by atoms with Gasteiger partial charge in [-0.1, -0.05) is 0 Å². The van der Waals surface area contributed by atoms with Gasteiger partial charge in [-0.3, -0.25) is 0 Å². The molecule has 0 saturated carbocycles. The van der Waals surface area contributed by atoms with Crippen LogP contribution in [0.1, 0.15) is 12.0 Å². The first-order chi connectivity index (χ1) is 9.29. The SMILES string of the molecule is Cc1c(N)cc(S(=O)(=O)NCC2CCN(C)C2)cc1F. The predicted molar refractivity (Wildman–Crippen MR) is 76.3 cm³/mol. The van der Waals surface area contributed by atoms with Crippen molar-refractivity contribution in [3.63, 3.8) is 0 Å². The molecule has 1 unspecified atom stereocenters. The van der Waals surface area contributed by atoms with Crippen molar-refractivity contribution in [2.24, 2.45) is 5.92 Å². The van der Waals surface area contributed by atoms with Gasteiger partial charge >= 0.3 is 0 Å². The van der Waals surface area contributed by atoms with Gasteiger partial charge in [0.2, 0.25) is 10.0 Å². The van der Waals surface area contributed by atoms with E-state index in [1.165, 1.54) is 13.0 Å². The Morgan fingerprint density at radius 1 is 1.50 bits per heavy atom. The molecule has 0 radical (unpaired) electrons. The van der Waals surface area contributed by atoms with Crippen LogP contribution in [0.25, 0.3) is 0 Å². The zero-order valence-corrected chi connectivity index (χ0v) is 12.5. The quantitative estimate of drug-likeness (QED) is 0.812. The second-order valence-electron chi connectivity index (χ2n) is 5.39. The molecule has 7 heteroatoms. The summed E-state index contributed by atoms with van der Waals surface area (Å²) < 4.78 is 40.4. The molecule has 0 spiro atoms. The van der Waals surface area contributed by atoms with Crippen molar-refractivity contribution in [1.29, 1.82) is 0 Å². The first kappa shape index (κ1) is 15.2. The number of nitrogens with zero attached hydrogens (tertiary/aromatic N) is 1. The van der Waals surface area contributed by atoms with Gasteiger partial charge in [0.15, 0.2) is 0 Å². The smallest absolute Gasteiger partial charge is 0.240 e. The van der Waals surface area contributed by atoms with Crippen LogP contribution in [0, 0.1) is 18.7 Å². The topological polar surface area (TPSA) is 75.4 Å². The van der Waals surface area contributed by atoms with E-state index < -0.39 is 15.8 Å². The molecule has 112 valence electrons. The fourth-order valence-corrected chi connectivity index (χ4v) is 3.50. The number of benzene rings is 1. The summed E-state index contributed by atoms with van der Waals surface area (Å²) in [5, 5.41) is 0. The lowest BCUT2D eigenvalue weighted by Gasteiger charge is -2.13. The van der Waals surface area contributed by atoms with Crippen LogP contribution in [0.2, 0.25) is 0 Å². The second-order valence-corrected chi connectivity index (χ2v) is 7.16. The van der Waals surface area contributed by atoms with Gasteiger partial charge in [-0.25, -0.2) is 17.5 Å². The summed E-state index contributed by atoms with van der Waals surface area (Å²) >= 11 is 0. The molecule has 1 aliphatic rings. The Bertz CT molecular complexity index is 581. The number of nitrogen functional groups attached to an aromatic ring is 1. The summed E-state index contributed by atoms with van der Waals surface area (Å²) in [5.74, 6) is -0.312. The molecule has 1 saturated heterocycles. The summed E-state index contributed by atoms with van der Waals surface area (Å²) in [6.45, 7) is 3.72. The molecule has 0 aliphatic carbocycles. The molecule has 3 N–H and O–H groups in total. The van der Waals surface area contributed by atoms with Crippen LogP contribution in [0.4, 0.5) is 10.1 Å². The fraction of sp³-hybridized carbons (Fsp3) is 0.538.